The van der Waals surface area contributed by atoms with Gasteiger partial charge in [0, 0.05) is 10.6 Å². The number of benzene rings is 1. The zero-order valence-electron chi connectivity index (χ0n) is 16.5. The number of hydrogen-bond donors (Lipinski definition) is 1. The lowest BCUT2D eigenvalue weighted by Crippen LogP contribution is -2.40. The van der Waals surface area contributed by atoms with Crippen molar-refractivity contribution in [3.05, 3.63) is 56.6 Å². The van der Waals surface area contributed by atoms with Crippen molar-refractivity contribution in [3.63, 3.8) is 0 Å². The van der Waals surface area contributed by atoms with Crippen LogP contribution in [-0.2, 0) is 23.9 Å². The number of carbonyl (C=O) groups is 3. The predicted molar refractivity (Wildman–Crippen MR) is 110 cm³/mol. The second-order valence-corrected chi connectivity index (χ2v) is 8.20. The number of ether oxygens (including phenoxy) is 2. The maximum Gasteiger partial charge on any atom is 0.338 e. The first-order valence-electron chi connectivity index (χ1n) is 9.27. The Morgan fingerprint density at radius 3 is 2.37 bits per heavy atom. The largest absolute Gasteiger partial charge is 0.463 e. The molecule has 2 aliphatic heterocycles. The number of esters is 2. The van der Waals surface area contributed by atoms with Crippen LogP contribution in [0.5, 0.6) is 0 Å². The van der Waals surface area contributed by atoms with Crippen LogP contribution in [0.15, 0.2) is 40.2 Å². The number of hydrogen-bond acceptors (Lipinski definition) is 7. The molecule has 1 fully saturated rings. The Hall–Kier alpha value is -2.52. The van der Waals surface area contributed by atoms with Crippen molar-refractivity contribution < 1.29 is 28.2 Å². The lowest BCUT2D eigenvalue weighted by Gasteiger charge is -2.33. The third-order valence-electron chi connectivity index (χ3n) is 4.66. The van der Waals surface area contributed by atoms with Crippen LogP contribution < -0.4 is 5.73 Å². The quantitative estimate of drug-likeness (QED) is 0.682. The van der Waals surface area contributed by atoms with E-state index in [-0.39, 0.29) is 45.8 Å². The van der Waals surface area contributed by atoms with Crippen LogP contribution in [0.25, 0.3) is 0 Å². The van der Waals surface area contributed by atoms with Gasteiger partial charge in [-0.2, -0.15) is 0 Å². The molecule has 3 rings (SSSR count). The molecule has 2 aliphatic rings. The lowest BCUT2D eigenvalue weighted by molar-refractivity contribution is -0.139. The summed E-state index contributed by atoms with van der Waals surface area (Å²) in [6, 6.07) is 4.00. The number of thioether (sulfide) groups is 1. The summed E-state index contributed by atoms with van der Waals surface area (Å²) in [5.41, 5.74) is 5.80. The monoisotopic (exact) mass is 454 g/mol. The summed E-state index contributed by atoms with van der Waals surface area (Å²) < 4.78 is 25.2. The van der Waals surface area contributed by atoms with Crippen molar-refractivity contribution >= 4 is 41.2 Å². The molecule has 0 spiro atoms. The fraction of sp³-hybridized carbons (Fsp3) is 0.350. The summed E-state index contributed by atoms with van der Waals surface area (Å²) in [6.07, 6.45) is 0. The molecule has 0 radical (unpaired) electrons. The normalized spacial score (nSPS) is 21.1. The van der Waals surface area contributed by atoms with E-state index in [1.807, 2.05) is 0 Å². The summed E-state index contributed by atoms with van der Waals surface area (Å²) in [5.74, 6) is -4.34. The van der Waals surface area contributed by atoms with Crippen LogP contribution in [-0.4, -0.2) is 41.2 Å². The van der Waals surface area contributed by atoms with Gasteiger partial charge in [0.1, 0.15) is 11.6 Å². The van der Waals surface area contributed by atoms with E-state index in [1.54, 1.807) is 20.8 Å². The van der Waals surface area contributed by atoms with E-state index in [0.717, 1.165) is 22.7 Å². The van der Waals surface area contributed by atoms with Crippen molar-refractivity contribution in [3.8, 4) is 0 Å². The summed E-state index contributed by atoms with van der Waals surface area (Å²) in [6.45, 7) is 4.90. The minimum Gasteiger partial charge on any atom is -0.463 e. The Labute approximate surface area is 182 Å². The fourth-order valence-corrected chi connectivity index (χ4v) is 4.86. The number of carbonyl (C=O) groups excluding carboxylic acids is 3. The average molecular weight is 455 g/mol. The molecule has 1 amide bonds. The summed E-state index contributed by atoms with van der Waals surface area (Å²) >= 11 is 7.37. The van der Waals surface area contributed by atoms with E-state index in [4.69, 9.17) is 26.8 Å². The van der Waals surface area contributed by atoms with Gasteiger partial charge in [0.25, 0.3) is 0 Å². The molecule has 1 aromatic carbocycles. The van der Waals surface area contributed by atoms with Crippen molar-refractivity contribution in [2.24, 2.45) is 5.73 Å². The molecule has 160 valence electrons. The summed E-state index contributed by atoms with van der Waals surface area (Å²) in [5, 5.41) is -0.380. The highest BCUT2D eigenvalue weighted by molar-refractivity contribution is 8.04. The smallest absolute Gasteiger partial charge is 0.338 e. The predicted octanol–water partition coefficient (Wildman–Crippen LogP) is 3.05. The van der Waals surface area contributed by atoms with Crippen LogP contribution in [0.3, 0.4) is 0 Å². The number of rotatable bonds is 5. The number of fused-ring (bicyclic) bond motifs is 1. The molecule has 2 N–H and O–H groups in total. The van der Waals surface area contributed by atoms with Gasteiger partial charge in [-0.25, -0.2) is 14.0 Å². The molecule has 2 unspecified atom stereocenters. The van der Waals surface area contributed by atoms with E-state index in [0.29, 0.717) is 0 Å². The van der Waals surface area contributed by atoms with Gasteiger partial charge >= 0.3 is 11.9 Å². The van der Waals surface area contributed by atoms with Crippen LogP contribution in [0.4, 0.5) is 4.39 Å². The van der Waals surface area contributed by atoms with Crippen molar-refractivity contribution in [1.82, 2.24) is 4.90 Å². The summed E-state index contributed by atoms with van der Waals surface area (Å²) in [4.78, 5) is 39.7. The summed E-state index contributed by atoms with van der Waals surface area (Å²) in [7, 11) is 0. The molecular weight excluding hydrogens is 435 g/mol. The number of nitrogens with two attached hydrogens (primary N) is 1. The highest BCUT2D eigenvalue weighted by atomic mass is 35.5. The van der Waals surface area contributed by atoms with E-state index >= 15 is 0 Å². The second kappa shape index (κ2) is 8.69. The molecule has 1 aromatic rings. The molecule has 7 nitrogen and oxygen atoms in total. The van der Waals surface area contributed by atoms with Crippen LogP contribution >= 0.6 is 23.4 Å². The molecular formula is C20H20ClFN2O5S. The maximum absolute atomic E-state index is 14.9. The highest BCUT2D eigenvalue weighted by Gasteiger charge is 2.50. The van der Waals surface area contributed by atoms with E-state index in [9.17, 15) is 18.8 Å². The fourth-order valence-electron chi connectivity index (χ4n) is 3.42. The van der Waals surface area contributed by atoms with Crippen molar-refractivity contribution in [1.29, 1.82) is 0 Å². The van der Waals surface area contributed by atoms with Crippen LogP contribution in [0, 0.1) is 5.82 Å². The van der Waals surface area contributed by atoms with Gasteiger partial charge in [0.2, 0.25) is 5.91 Å². The molecule has 0 aromatic heterocycles. The van der Waals surface area contributed by atoms with Gasteiger partial charge in [0.05, 0.1) is 40.6 Å². The third-order valence-corrected chi connectivity index (χ3v) is 6.17. The van der Waals surface area contributed by atoms with Crippen LogP contribution in [0.2, 0.25) is 5.02 Å². The van der Waals surface area contributed by atoms with Crippen LogP contribution in [0.1, 0.15) is 32.3 Å². The third kappa shape index (κ3) is 3.56. The Morgan fingerprint density at radius 2 is 1.80 bits per heavy atom. The molecule has 1 saturated heterocycles. The molecule has 0 bridgehead atoms. The number of nitrogens with zero attached hydrogens (tertiary/aromatic N) is 1. The first-order chi connectivity index (χ1) is 14.2. The first kappa shape index (κ1) is 22.2. The topological polar surface area (TPSA) is 98.9 Å². The van der Waals surface area contributed by atoms with Gasteiger partial charge < -0.3 is 15.2 Å². The maximum atomic E-state index is 14.9. The molecule has 2 atom stereocenters. The molecule has 0 saturated carbocycles. The lowest BCUT2D eigenvalue weighted by atomic mass is 9.82. The molecule has 0 aliphatic carbocycles. The van der Waals surface area contributed by atoms with Gasteiger partial charge in [-0.05, 0) is 32.9 Å². The Balaban J connectivity index is 2.37. The number of halogens is 2. The minimum absolute atomic E-state index is 0.00665. The number of amides is 1. The Bertz CT molecular complexity index is 973. The van der Waals surface area contributed by atoms with E-state index in [1.165, 1.54) is 12.1 Å². The first-order valence-corrected chi connectivity index (χ1v) is 10.5. The van der Waals surface area contributed by atoms with Crippen molar-refractivity contribution in [2.75, 3.05) is 13.2 Å². The van der Waals surface area contributed by atoms with Gasteiger partial charge in [-0.1, -0.05) is 29.4 Å². The second-order valence-electron chi connectivity index (χ2n) is 6.46. The Kier molecular flexibility index (Phi) is 6.42. The zero-order chi connectivity index (χ0) is 22.2. The molecule has 2 heterocycles. The van der Waals surface area contributed by atoms with Gasteiger partial charge in [-0.3, -0.25) is 9.69 Å². The van der Waals surface area contributed by atoms with Gasteiger partial charge in [-0.15, -0.1) is 0 Å². The zero-order valence-corrected chi connectivity index (χ0v) is 18.1. The van der Waals surface area contributed by atoms with E-state index in [2.05, 4.69) is 0 Å². The highest BCUT2D eigenvalue weighted by Crippen LogP contribution is 2.51. The van der Waals surface area contributed by atoms with Gasteiger partial charge in [0.15, 0.2) is 0 Å². The average Bonchev–Trinajstić information content (AvgIpc) is 2.97. The van der Waals surface area contributed by atoms with E-state index < -0.39 is 34.8 Å². The SMILES string of the molecule is CCOC(=O)C1=C(N)N2C(=O)C(C)SC2=C(C(=O)OCC)C1c1c(F)cccc1Cl. The Morgan fingerprint density at radius 1 is 1.20 bits per heavy atom. The minimum atomic E-state index is -1.30. The van der Waals surface area contributed by atoms with Crippen molar-refractivity contribution in [2.45, 2.75) is 31.9 Å². The standard InChI is InChI=1S/C20H20ClFN2O5S/c1-4-28-19(26)14-13(12-10(21)7-6-8-11(12)22)15(20(27)29-5-2)18-24(16(14)23)17(25)9(3)30-18/h6-9,13H,4-5,23H2,1-3H3. The molecule has 10 heteroatoms. The molecule has 30 heavy (non-hydrogen) atoms.